The maximum absolute atomic E-state index is 10.0. The highest BCUT2D eigenvalue weighted by Gasteiger charge is 2.16. The predicted molar refractivity (Wildman–Crippen MR) is 86.6 cm³/mol. The van der Waals surface area contributed by atoms with Crippen molar-refractivity contribution in [1.29, 1.82) is 0 Å². The van der Waals surface area contributed by atoms with Crippen LogP contribution in [0.1, 0.15) is 51.9 Å². The van der Waals surface area contributed by atoms with E-state index in [1.165, 1.54) is 31.8 Å². The minimum atomic E-state index is -0.848. The Kier molecular flexibility index (Phi) is 12.9. The van der Waals surface area contributed by atoms with Gasteiger partial charge in [-0.1, -0.05) is 63.5 Å². The lowest BCUT2D eigenvalue weighted by molar-refractivity contribution is -0.0146. The Morgan fingerprint density at radius 3 is 2.48 bits per heavy atom. The molecule has 21 heavy (non-hydrogen) atoms. The first-order chi connectivity index (χ1) is 10.2. The van der Waals surface area contributed by atoms with E-state index < -0.39 is 12.2 Å². The Balaban J connectivity index is 4.03. The van der Waals surface area contributed by atoms with E-state index in [0.717, 1.165) is 12.8 Å². The molecule has 0 rings (SSSR count). The van der Waals surface area contributed by atoms with Gasteiger partial charge in [-0.2, -0.15) is 0 Å². The molecule has 3 heteroatoms. The van der Waals surface area contributed by atoms with Gasteiger partial charge in [-0.15, -0.1) is 0 Å². The lowest BCUT2D eigenvalue weighted by Gasteiger charge is -2.19. The second-order valence-electron chi connectivity index (χ2n) is 5.00. The predicted octanol–water partition coefficient (Wildman–Crippen LogP) is 2.67. The summed E-state index contributed by atoms with van der Waals surface area (Å²) in [6.45, 7) is 5.60. The fourth-order valence-corrected chi connectivity index (χ4v) is 1.92. The average Bonchev–Trinajstić information content (AvgIpc) is 2.50. The SMILES string of the molecule is C=C[C@H](O)C#CC#CC[C@H](O)[C@H](CCCCCCC)OC. The molecule has 0 aliphatic carbocycles. The van der Waals surface area contributed by atoms with Gasteiger partial charge < -0.3 is 14.9 Å². The van der Waals surface area contributed by atoms with Gasteiger partial charge in [-0.25, -0.2) is 0 Å². The van der Waals surface area contributed by atoms with Crippen molar-refractivity contribution < 1.29 is 14.9 Å². The first kappa shape index (κ1) is 19.7. The Morgan fingerprint density at radius 2 is 1.86 bits per heavy atom. The molecule has 3 nitrogen and oxygen atoms in total. The number of hydrogen-bond donors (Lipinski definition) is 2. The highest BCUT2D eigenvalue weighted by atomic mass is 16.5. The van der Waals surface area contributed by atoms with E-state index in [1.807, 2.05) is 0 Å². The van der Waals surface area contributed by atoms with Gasteiger partial charge in [-0.3, -0.25) is 0 Å². The van der Waals surface area contributed by atoms with Crippen molar-refractivity contribution in [3.05, 3.63) is 12.7 Å². The van der Waals surface area contributed by atoms with Crippen LogP contribution in [0.3, 0.4) is 0 Å². The molecule has 2 N–H and O–H groups in total. The molecule has 0 aliphatic heterocycles. The number of aliphatic hydroxyl groups is 2. The lowest BCUT2D eigenvalue weighted by atomic mass is 10.0. The topological polar surface area (TPSA) is 49.7 Å². The summed E-state index contributed by atoms with van der Waals surface area (Å²) >= 11 is 0. The van der Waals surface area contributed by atoms with Crippen LogP contribution in [-0.2, 0) is 4.74 Å². The second-order valence-corrected chi connectivity index (χ2v) is 5.00. The molecular formula is C18H28O3. The Labute approximate surface area is 129 Å². The van der Waals surface area contributed by atoms with Crippen LogP contribution < -0.4 is 0 Å². The van der Waals surface area contributed by atoms with Gasteiger partial charge in [0.15, 0.2) is 0 Å². The molecule has 118 valence electrons. The molecule has 0 bridgehead atoms. The van der Waals surface area contributed by atoms with Crippen LogP contribution in [0.5, 0.6) is 0 Å². The monoisotopic (exact) mass is 292 g/mol. The zero-order valence-corrected chi connectivity index (χ0v) is 13.3. The molecule has 0 saturated heterocycles. The molecule has 0 aromatic rings. The minimum absolute atomic E-state index is 0.173. The molecule has 0 amide bonds. The summed E-state index contributed by atoms with van der Waals surface area (Å²) in [5.74, 6) is 10.4. The third-order valence-electron chi connectivity index (χ3n) is 3.23. The fourth-order valence-electron chi connectivity index (χ4n) is 1.92. The standard InChI is InChI=1S/C18H28O3/c1-4-6-7-8-12-15-18(21-3)17(20)14-11-9-10-13-16(19)5-2/h5,16-20H,2,4,6-8,12,14-15H2,1,3H3/t16-,17-,18-/m0/s1. The number of hydrogen-bond acceptors (Lipinski definition) is 3. The molecular weight excluding hydrogens is 264 g/mol. The summed E-state index contributed by atoms with van der Waals surface area (Å²) in [7, 11) is 1.62. The van der Waals surface area contributed by atoms with E-state index in [0.29, 0.717) is 6.42 Å². The molecule has 0 spiro atoms. The Hall–Kier alpha value is -1.26. The highest BCUT2D eigenvalue weighted by molar-refractivity contribution is 5.28. The van der Waals surface area contributed by atoms with Crippen molar-refractivity contribution in [2.24, 2.45) is 0 Å². The van der Waals surface area contributed by atoms with E-state index in [2.05, 4.69) is 37.2 Å². The first-order valence-corrected chi connectivity index (χ1v) is 7.65. The van der Waals surface area contributed by atoms with Crippen molar-refractivity contribution in [2.45, 2.75) is 70.2 Å². The molecule has 0 radical (unpaired) electrons. The molecule has 3 atom stereocenters. The average molecular weight is 292 g/mol. The van der Waals surface area contributed by atoms with Crippen molar-refractivity contribution in [3.63, 3.8) is 0 Å². The molecule has 0 heterocycles. The van der Waals surface area contributed by atoms with Gasteiger partial charge in [0, 0.05) is 13.5 Å². The third kappa shape index (κ3) is 11.1. The van der Waals surface area contributed by atoms with Crippen LogP contribution in [0.25, 0.3) is 0 Å². The van der Waals surface area contributed by atoms with Crippen molar-refractivity contribution in [1.82, 2.24) is 0 Å². The summed E-state index contributed by atoms with van der Waals surface area (Å²) in [5, 5.41) is 19.1. The number of rotatable bonds is 10. The molecule has 0 fully saturated rings. The third-order valence-corrected chi connectivity index (χ3v) is 3.23. The number of aliphatic hydroxyl groups excluding tert-OH is 2. The quantitative estimate of drug-likeness (QED) is 0.370. The zero-order chi connectivity index (χ0) is 15.9. The molecule has 0 unspecified atom stereocenters. The van der Waals surface area contributed by atoms with Crippen LogP contribution in [0, 0.1) is 23.7 Å². The summed E-state index contributed by atoms with van der Waals surface area (Å²) in [6, 6.07) is 0. The van der Waals surface area contributed by atoms with Crippen LogP contribution in [0.15, 0.2) is 12.7 Å². The van der Waals surface area contributed by atoms with Gasteiger partial charge in [0.1, 0.15) is 6.10 Å². The van der Waals surface area contributed by atoms with Gasteiger partial charge in [-0.05, 0) is 18.3 Å². The molecule has 0 aromatic heterocycles. The summed E-state index contributed by atoms with van der Waals surface area (Å²) in [6.07, 6.45) is 6.87. The summed E-state index contributed by atoms with van der Waals surface area (Å²) in [4.78, 5) is 0. The molecule has 0 saturated carbocycles. The van der Waals surface area contributed by atoms with Crippen LogP contribution in [0.4, 0.5) is 0 Å². The minimum Gasteiger partial charge on any atom is -0.389 e. The van der Waals surface area contributed by atoms with Gasteiger partial charge in [0.2, 0.25) is 0 Å². The van der Waals surface area contributed by atoms with E-state index in [-0.39, 0.29) is 6.10 Å². The van der Waals surface area contributed by atoms with Crippen LogP contribution in [0.2, 0.25) is 0 Å². The Morgan fingerprint density at radius 1 is 1.14 bits per heavy atom. The largest absolute Gasteiger partial charge is 0.389 e. The zero-order valence-electron chi connectivity index (χ0n) is 13.3. The number of methoxy groups -OCH3 is 1. The maximum Gasteiger partial charge on any atom is 0.134 e. The summed E-state index contributed by atoms with van der Waals surface area (Å²) < 4.78 is 5.32. The fraction of sp³-hybridized carbons (Fsp3) is 0.667. The van der Waals surface area contributed by atoms with Gasteiger partial charge >= 0.3 is 0 Å². The molecule has 0 aromatic carbocycles. The first-order valence-electron chi connectivity index (χ1n) is 7.65. The highest BCUT2D eigenvalue weighted by Crippen LogP contribution is 2.13. The Bertz CT molecular complexity index is 381. The normalized spacial score (nSPS) is 14.1. The molecule has 0 aliphatic rings. The van der Waals surface area contributed by atoms with Crippen molar-refractivity contribution >= 4 is 0 Å². The lowest BCUT2D eigenvalue weighted by Crippen LogP contribution is -2.27. The van der Waals surface area contributed by atoms with Crippen molar-refractivity contribution in [3.8, 4) is 23.7 Å². The van der Waals surface area contributed by atoms with E-state index in [4.69, 9.17) is 9.84 Å². The summed E-state index contributed by atoms with van der Waals surface area (Å²) in [5.41, 5.74) is 0. The van der Waals surface area contributed by atoms with E-state index >= 15 is 0 Å². The van der Waals surface area contributed by atoms with E-state index in [9.17, 15) is 5.11 Å². The van der Waals surface area contributed by atoms with Crippen LogP contribution >= 0.6 is 0 Å². The second kappa shape index (κ2) is 13.7. The number of ether oxygens (including phenoxy) is 1. The number of unbranched alkanes of at least 4 members (excludes halogenated alkanes) is 4. The van der Waals surface area contributed by atoms with Gasteiger partial charge in [0.25, 0.3) is 0 Å². The van der Waals surface area contributed by atoms with Crippen LogP contribution in [-0.4, -0.2) is 35.6 Å². The van der Waals surface area contributed by atoms with Crippen molar-refractivity contribution in [2.75, 3.05) is 7.11 Å². The maximum atomic E-state index is 10.0. The smallest absolute Gasteiger partial charge is 0.134 e. The van der Waals surface area contributed by atoms with E-state index in [1.54, 1.807) is 7.11 Å². The van der Waals surface area contributed by atoms with Gasteiger partial charge in [0.05, 0.1) is 12.2 Å².